The van der Waals surface area contributed by atoms with Gasteiger partial charge < -0.3 is 16.2 Å². The van der Waals surface area contributed by atoms with E-state index >= 15 is 0 Å². The Labute approximate surface area is 157 Å². The molecule has 8 heteroatoms. The molecule has 142 valence electrons. The summed E-state index contributed by atoms with van der Waals surface area (Å²) in [5.41, 5.74) is 8.65. The van der Waals surface area contributed by atoms with Crippen molar-refractivity contribution in [1.82, 2.24) is 5.06 Å². The molecule has 0 unspecified atom stereocenters. The minimum atomic E-state index is -1.14. The Morgan fingerprint density at radius 1 is 1.22 bits per heavy atom. The molecule has 2 aromatic rings. The van der Waals surface area contributed by atoms with Gasteiger partial charge >= 0.3 is 5.97 Å². The minimum Gasteiger partial charge on any atom is -0.480 e. The van der Waals surface area contributed by atoms with Gasteiger partial charge in [0.15, 0.2) is 12.0 Å². The van der Waals surface area contributed by atoms with Crippen molar-refractivity contribution in [1.29, 1.82) is 5.41 Å². The summed E-state index contributed by atoms with van der Waals surface area (Å²) >= 11 is 0. The van der Waals surface area contributed by atoms with Gasteiger partial charge in [-0.1, -0.05) is 36.4 Å². The molecule has 0 radical (unpaired) electrons. The molecule has 27 heavy (non-hydrogen) atoms. The number of carboxylic acids is 1. The van der Waals surface area contributed by atoms with E-state index < -0.39 is 17.9 Å². The van der Waals surface area contributed by atoms with Gasteiger partial charge in [-0.2, -0.15) is 0 Å². The molecule has 1 atom stereocenters. The smallest absolute Gasteiger partial charge is 0.329 e. The van der Waals surface area contributed by atoms with E-state index in [9.17, 15) is 14.7 Å². The molecule has 0 bridgehead atoms. The maximum absolute atomic E-state index is 11.6. The summed E-state index contributed by atoms with van der Waals surface area (Å²) in [6.07, 6.45) is 0.120. The number of hydrogen-bond donors (Lipinski definition) is 4. The molecule has 0 saturated carbocycles. The van der Waals surface area contributed by atoms with Crippen LogP contribution in [-0.2, 0) is 20.8 Å². The number of carbonyl (C=O) groups excluding carboxylic acids is 1. The third-order valence-electron chi connectivity index (χ3n) is 3.93. The molecule has 2 rings (SSSR count). The summed E-state index contributed by atoms with van der Waals surface area (Å²) in [7, 11) is 1.27. The number of carboxylic acid groups (broad SMARTS) is 1. The zero-order chi connectivity index (χ0) is 20.0. The normalized spacial score (nSPS) is 11.5. The lowest BCUT2D eigenvalue weighted by molar-refractivity contribution is -0.194. The Hall–Kier alpha value is -3.39. The van der Waals surface area contributed by atoms with Crippen molar-refractivity contribution < 1.29 is 19.5 Å². The first-order valence-corrected chi connectivity index (χ1v) is 8.19. The number of benzene rings is 2. The second-order valence-electron chi connectivity index (χ2n) is 5.90. The minimum absolute atomic E-state index is 0.120. The number of hydrogen-bond acceptors (Lipinski definition) is 4. The maximum atomic E-state index is 11.6. The number of aliphatic carboxylic acids is 1. The number of anilines is 1. The van der Waals surface area contributed by atoms with Gasteiger partial charge in [0.1, 0.15) is 0 Å². The summed E-state index contributed by atoms with van der Waals surface area (Å²) in [4.78, 5) is 28.0. The molecule has 1 amide bonds. The third kappa shape index (κ3) is 5.29. The second-order valence-corrected chi connectivity index (χ2v) is 5.90. The van der Waals surface area contributed by atoms with Crippen molar-refractivity contribution in [2.24, 2.45) is 5.73 Å². The van der Waals surface area contributed by atoms with E-state index in [4.69, 9.17) is 16.0 Å². The standard InChI is InChI=1S/C19H22N4O4/c1-12(24)23(27-2)17(18(25)26)10-13-6-8-14(9-7-13)15-4-3-5-16(11-15)22-19(20)21/h3-9,11,17H,10H2,1-2H3,(H,25,26)(H4,20,21,22)/t17-/m0/s1. The maximum Gasteiger partial charge on any atom is 0.329 e. The Kier molecular flexibility index (Phi) is 6.51. The Bertz CT molecular complexity index is 836. The highest BCUT2D eigenvalue weighted by atomic mass is 16.7. The molecule has 0 aliphatic heterocycles. The number of nitrogens with two attached hydrogens (primary N) is 1. The van der Waals surface area contributed by atoms with Crippen LogP contribution in [0.2, 0.25) is 0 Å². The van der Waals surface area contributed by atoms with Crippen molar-refractivity contribution in [2.45, 2.75) is 19.4 Å². The zero-order valence-corrected chi connectivity index (χ0v) is 15.1. The molecule has 0 aliphatic rings. The lowest BCUT2D eigenvalue weighted by atomic mass is 10.00. The van der Waals surface area contributed by atoms with Gasteiger partial charge in [0.2, 0.25) is 5.91 Å². The van der Waals surface area contributed by atoms with E-state index in [0.717, 1.165) is 21.8 Å². The van der Waals surface area contributed by atoms with E-state index in [2.05, 4.69) is 5.32 Å². The number of nitrogens with zero attached hydrogens (tertiary/aromatic N) is 1. The van der Waals surface area contributed by atoms with Crippen molar-refractivity contribution in [2.75, 3.05) is 12.4 Å². The fourth-order valence-corrected chi connectivity index (χ4v) is 2.73. The summed E-state index contributed by atoms with van der Waals surface area (Å²) in [6.45, 7) is 1.25. The van der Waals surface area contributed by atoms with E-state index in [0.29, 0.717) is 5.69 Å². The summed E-state index contributed by atoms with van der Waals surface area (Å²) in [6, 6.07) is 13.7. The molecule has 0 spiro atoms. The first-order chi connectivity index (χ1) is 12.8. The summed E-state index contributed by atoms with van der Waals surface area (Å²) < 4.78 is 0. The number of amides is 1. The van der Waals surface area contributed by atoms with Crippen LogP contribution in [0.3, 0.4) is 0 Å². The van der Waals surface area contributed by atoms with Crippen molar-refractivity contribution in [3.63, 3.8) is 0 Å². The molecular weight excluding hydrogens is 348 g/mol. The van der Waals surface area contributed by atoms with Crippen LogP contribution in [0.25, 0.3) is 11.1 Å². The molecule has 0 fully saturated rings. The van der Waals surface area contributed by atoms with E-state index in [-0.39, 0.29) is 12.4 Å². The average Bonchev–Trinajstić information content (AvgIpc) is 2.61. The van der Waals surface area contributed by atoms with E-state index in [1.165, 1.54) is 14.0 Å². The Morgan fingerprint density at radius 2 is 1.89 bits per heavy atom. The SMILES string of the molecule is CON(C(C)=O)[C@@H](Cc1ccc(-c2cccc(NC(=N)N)c2)cc1)C(=O)O. The Morgan fingerprint density at radius 3 is 2.41 bits per heavy atom. The average molecular weight is 370 g/mol. The van der Waals surface area contributed by atoms with Gasteiger partial charge in [-0.05, 0) is 28.8 Å². The number of carbonyl (C=O) groups is 2. The van der Waals surface area contributed by atoms with Crippen LogP contribution in [-0.4, -0.2) is 41.2 Å². The molecule has 2 aromatic carbocycles. The van der Waals surface area contributed by atoms with Crippen molar-refractivity contribution in [3.8, 4) is 11.1 Å². The molecule has 0 saturated heterocycles. The van der Waals surface area contributed by atoms with E-state index in [1.807, 2.05) is 42.5 Å². The van der Waals surface area contributed by atoms with Gasteiger partial charge in [0.25, 0.3) is 0 Å². The second kappa shape index (κ2) is 8.81. The molecule has 8 nitrogen and oxygen atoms in total. The summed E-state index contributed by atoms with van der Waals surface area (Å²) in [5, 5.41) is 20.3. The largest absolute Gasteiger partial charge is 0.480 e. The Balaban J connectivity index is 2.20. The first kappa shape index (κ1) is 19.9. The van der Waals surface area contributed by atoms with Gasteiger partial charge in [-0.3, -0.25) is 15.0 Å². The van der Waals surface area contributed by atoms with Crippen LogP contribution in [0.5, 0.6) is 0 Å². The van der Waals surface area contributed by atoms with Crippen LogP contribution in [0.4, 0.5) is 5.69 Å². The fourth-order valence-electron chi connectivity index (χ4n) is 2.73. The highest BCUT2D eigenvalue weighted by molar-refractivity contribution is 5.90. The number of rotatable bonds is 7. The predicted octanol–water partition coefficient (Wildman–Crippen LogP) is 2.06. The lowest BCUT2D eigenvalue weighted by Gasteiger charge is -2.25. The van der Waals surface area contributed by atoms with Crippen LogP contribution in [0.1, 0.15) is 12.5 Å². The fraction of sp³-hybridized carbons (Fsp3) is 0.211. The summed E-state index contributed by atoms with van der Waals surface area (Å²) in [5.74, 6) is -1.76. The van der Waals surface area contributed by atoms with Crippen LogP contribution >= 0.6 is 0 Å². The molecule has 5 N–H and O–H groups in total. The number of hydroxylamine groups is 2. The van der Waals surface area contributed by atoms with Gasteiger partial charge in [0, 0.05) is 19.0 Å². The van der Waals surface area contributed by atoms with Crippen molar-refractivity contribution >= 4 is 23.5 Å². The molecule has 0 aliphatic carbocycles. The quantitative estimate of drug-likeness (QED) is 0.335. The van der Waals surface area contributed by atoms with Gasteiger partial charge in [0.05, 0.1) is 7.11 Å². The first-order valence-electron chi connectivity index (χ1n) is 8.19. The predicted molar refractivity (Wildman–Crippen MR) is 102 cm³/mol. The van der Waals surface area contributed by atoms with Crippen LogP contribution in [0.15, 0.2) is 48.5 Å². The molecule has 0 heterocycles. The monoisotopic (exact) mass is 370 g/mol. The number of guanidine groups is 1. The van der Waals surface area contributed by atoms with Gasteiger partial charge in [-0.25, -0.2) is 9.86 Å². The van der Waals surface area contributed by atoms with Crippen LogP contribution < -0.4 is 11.1 Å². The van der Waals surface area contributed by atoms with Gasteiger partial charge in [-0.15, -0.1) is 0 Å². The zero-order valence-electron chi connectivity index (χ0n) is 15.1. The van der Waals surface area contributed by atoms with Crippen molar-refractivity contribution in [3.05, 3.63) is 54.1 Å². The number of nitrogens with one attached hydrogen (secondary N) is 2. The van der Waals surface area contributed by atoms with Crippen LogP contribution in [0, 0.1) is 5.41 Å². The molecular formula is C19H22N4O4. The topological polar surface area (TPSA) is 129 Å². The molecule has 0 aromatic heterocycles. The lowest BCUT2D eigenvalue weighted by Crippen LogP contribution is -2.44. The highest BCUT2D eigenvalue weighted by Crippen LogP contribution is 2.23. The van der Waals surface area contributed by atoms with E-state index in [1.54, 1.807) is 6.07 Å². The third-order valence-corrected chi connectivity index (χ3v) is 3.93. The highest BCUT2D eigenvalue weighted by Gasteiger charge is 2.28.